The zero-order valence-electron chi connectivity index (χ0n) is 13.7. The van der Waals surface area contributed by atoms with Crippen molar-refractivity contribution in [1.82, 2.24) is 5.32 Å². The molecule has 1 aliphatic carbocycles. The molecule has 0 saturated heterocycles. The first-order valence-corrected chi connectivity index (χ1v) is 8.11. The van der Waals surface area contributed by atoms with Crippen LogP contribution in [-0.4, -0.2) is 23.2 Å². The molecule has 0 aliphatic heterocycles. The molecular weight excluding hydrogens is 286 g/mol. The lowest BCUT2D eigenvalue weighted by Gasteiger charge is -2.33. The standard InChI is InChI=1S/C20H23NO2/c1-14-9-15(2)11-18(10-14)19(22)21-13-20(23)8-7-16-5-3-4-6-17(16)12-20/h3-6,9-11,23H,7-8,12-13H2,1-2H3,(H,21,22). The Morgan fingerprint density at radius 3 is 2.48 bits per heavy atom. The van der Waals surface area contributed by atoms with Gasteiger partial charge in [-0.2, -0.15) is 0 Å². The average Bonchev–Trinajstić information content (AvgIpc) is 2.51. The first kappa shape index (κ1) is 15.8. The Hall–Kier alpha value is -2.13. The average molecular weight is 309 g/mol. The van der Waals surface area contributed by atoms with Crippen molar-refractivity contribution in [3.05, 3.63) is 70.3 Å². The van der Waals surface area contributed by atoms with Crippen LogP contribution < -0.4 is 5.32 Å². The highest BCUT2D eigenvalue weighted by molar-refractivity contribution is 5.94. The Morgan fingerprint density at radius 2 is 1.78 bits per heavy atom. The fraction of sp³-hybridized carbons (Fsp3) is 0.350. The number of fused-ring (bicyclic) bond motifs is 1. The quantitative estimate of drug-likeness (QED) is 0.916. The molecule has 1 aliphatic rings. The van der Waals surface area contributed by atoms with Crippen LogP contribution in [0.2, 0.25) is 0 Å². The number of hydrogen-bond acceptors (Lipinski definition) is 2. The Labute approximate surface area is 137 Å². The Kier molecular flexibility index (Phi) is 4.22. The van der Waals surface area contributed by atoms with Crippen LogP contribution in [0.25, 0.3) is 0 Å². The highest BCUT2D eigenvalue weighted by atomic mass is 16.3. The molecule has 2 aromatic carbocycles. The first-order chi connectivity index (χ1) is 11.0. The van der Waals surface area contributed by atoms with Gasteiger partial charge in [0, 0.05) is 18.5 Å². The van der Waals surface area contributed by atoms with E-state index in [2.05, 4.69) is 17.4 Å². The molecule has 1 atom stereocenters. The summed E-state index contributed by atoms with van der Waals surface area (Å²) < 4.78 is 0. The zero-order chi connectivity index (χ0) is 16.4. The van der Waals surface area contributed by atoms with Crippen molar-refractivity contribution in [1.29, 1.82) is 0 Å². The van der Waals surface area contributed by atoms with E-state index >= 15 is 0 Å². The van der Waals surface area contributed by atoms with Crippen LogP contribution in [0.1, 0.15) is 39.0 Å². The summed E-state index contributed by atoms with van der Waals surface area (Å²) in [6, 6.07) is 14.0. The third-order valence-electron chi connectivity index (χ3n) is 4.56. The van der Waals surface area contributed by atoms with Crippen molar-refractivity contribution < 1.29 is 9.90 Å². The maximum atomic E-state index is 12.4. The van der Waals surface area contributed by atoms with E-state index in [0.717, 1.165) is 17.5 Å². The topological polar surface area (TPSA) is 49.3 Å². The van der Waals surface area contributed by atoms with Gasteiger partial charge in [0.1, 0.15) is 0 Å². The van der Waals surface area contributed by atoms with Crippen molar-refractivity contribution in [2.45, 2.75) is 38.7 Å². The Bertz CT molecular complexity index is 718. The molecule has 2 aromatic rings. The summed E-state index contributed by atoms with van der Waals surface area (Å²) in [5, 5.41) is 13.7. The molecular formula is C20H23NO2. The van der Waals surface area contributed by atoms with E-state index in [-0.39, 0.29) is 12.5 Å². The molecule has 0 radical (unpaired) electrons. The van der Waals surface area contributed by atoms with Crippen LogP contribution in [0.5, 0.6) is 0 Å². The van der Waals surface area contributed by atoms with E-state index < -0.39 is 5.60 Å². The fourth-order valence-corrected chi connectivity index (χ4v) is 3.39. The highest BCUT2D eigenvalue weighted by Gasteiger charge is 2.32. The van der Waals surface area contributed by atoms with Gasteiger partial charge in [0.25, 0.3) is 5.91 Å². The molecule has 0 fully saturated rings. The number of aliphatic hydroxyl groups is 1. The van der Waals surface area contributed by atoms with Crippen molar-refractivity contribution in [3.63, 3.8) is 0 Å². The van der Waals surface area contributed by atoms with Gasteiger partial charge in [-0.15, -0.1) is 0 Å². The molecule has 3 heteroatoms. The van der Waals surface area contributed by atoms with Gasteiger partial charge >= 0.3 is 0 Å². The molecule has 1 amide bonds. The number of nitrogens with one attached hydrogen (secondary N) is 1. The molecule has 3 rings (SSSR count). The molecule has 0 heterocycles. The van der Waals surface area contributed by atoms with Crippen molar-refractivity contribution >= 4 is 5.91 Å². The molecule has 2 N–H and O–H groups in total. The number of hydrogen-bond donors (Lipinski definition) is 2. The number of carbonyl (C=O) groups is 1. The van der Waals surface area contributed by atoms with Crippen LogP contribution in [0.3, 0.4) is 0 Å². The number of amides is 1. The smallest absolute Gasteiger partial charge is 0.251 e. The predicted molar refractivity (Wildman–Crippen MR) is 91.7 cm³/mol. The minimum absolute atomic E-state index is 0.121. The minimum Gasteiger partial charge on any atom is -0.388 e. The summed E-state index contributed by atoms with van der Waals surface area (Å²) >= 11 is 0. The summed E-state index contributed by atoms with van der Waals surface area (Å²) in [4.78, 5) is 12.4. The summed E-state index contributed by atoms with van der Waals surface area (Å²) in [6.45, 7) is 4.25. The number of carbonyl (C=O) groups excluding carboxylic acids is 1. The lowest BCUT2D eigenvalue weighted by atomic mass is 9.80. The van der Waals surface area contributed by atoms with Gasteiger partial charge in [0.2, 0.25) is 0 Å². The van der Waals surface area contributed by atoms with Crippen LogP contribution in [0.15, 0.2) is 42.5 Å². The third-order valence-corrected chi connectivity index (χ3v) is 4.56. The zero-order valence-corrected chi connectivity index (χ0v) is 13.7. The SMILES string of the molecule is Cc1cc(C)cc(C(=O)NCC2(O)CCc3ccccc3C2)c1. The molecule has 0 bridgehead atoms. The van der Waals surface area contributed by atoms with E-state index in [0.29, 0.717) is 18.4 Å². The van der Waals surface area contributed by atoms with Gasteiger partial charge in [-0.3, -0.25) is 4.79 Å². The highest BCUT2D eigenvalue weighted by Crippen LogP contribution is 2.28. The van der Waals surface area contributed by atoms with Crippen molar-refractivity contribution in [2.24, 2.45) is 0 Å². The second-order valence-corrected chi connectivity index (χ2v) is 6.73. The Balaban J connectivity index is 1.67. The van der Waals surface area contributed by atoms with E-state index in [9.17, 15) is 9.90 Å². The van der Waals surface area contributed by atoms with Crippen LogP contribution in [0.4, 0.5) is 0 Å². The maximum Gasteiger partial charge on any atom is 0.251 e. The van der Waals surface area contributed by atoms with Gasteiger partial charge in [0.05, 0.1) is 5.60 Å². The first-order valence-electron chi connectivity index (χ1n) is 8.11. The second-order valence-electron chi connectivity index (χ2n) is 6.73. The number of aryl methyl sites for hydroxylation is 3. The maximum absolute atomic E-state index is 12.4. The lowest BCUT2D eigenvalue weighted by Crippen LogP contribution is -2.46. The van der Waals surface area contributed by atoms with E-state index in [4.69, 9.17) is 0 Å². The largest absolute Gasteiger partial charge is 0.388 e. The van der Waals surface area contributed by atoms with Crippen LogP contribution in [-0.2, 0) is 12.8 Å². The normalized spacial score (nSPS) is 20.0. The van der Waals surface area contributed by atoms with Crippen LogP contribution in [0, 0.1) is 13.8 Å². The minimum atomic E-state index is -0.858. The third kappa shape index (κ3) is 3.62. The van der Waals surface area contributed by atoms with Gasteiger partial charge in [-0.25, -0.2) is 0 Å². The molecule has 1 unspecified atom stereocenters. The fourth-order valence-electron chi connectivity index (χ4n) is 3.39. The molecule has 0 saturated carbocycles. The summed E-state index contributed by atoms with van der Waals surface area (Å²) in [7, 11) is 0. The monoisotopic (exact) mass is 309 g/mol. The van der Waals surface area contributed by atoms with Gasteiger partial charge in [0.15, 0.2) is 0 Å². The van der Waals surface area contributed by atoms with Crippen LogP contribution >= 0.6 is 0 Å². The summed E-state index contributed by atoms with van der Waals surface area (Å²) in [6.07, 6.45) is 2.12. The Morgan fingerprint density at radius 1 is 1.13 bits per heavy atom. The van der Waals surface area contributed by atoms with Gasteiger partial charge in [-0.1, -0.05) is 41.5 Å². The van der Waals surface area contributed by atoms with Crippen molar-refractivity contribution in [2.75, 3.05) is 6.54 Å². The van der Waals surface area contributed by atoms with E-state index in [1.54, 1.807) is 0 Å². The number of benzene rings is 2. The van der Waals surface area contributed by atoms with Crippen molar-refractivity contribution in [3.8, 4) is 0 Å². The predicted octanol–water partition coefficient (Wildman–Crippen LogP) is 2.95. The number of rotatable bonds is 3. The summed E-state index contributed by atoms with van der Waals surface area (Å²) in [5.41, 5.74) is 4.42. The second kappa shape index (κ2) is 6.17. The molecule has 0 spiro atoms. The molecule has 23 heavy (non-hydrogen) atoms. The van der Waals surface area contributed by atoms with E-state index in [1.165, 1.54) is 11.1 Å². The lowest BCUT2D eigenvalue weighted by molar-refractivity contribution is 0.0260. The molecule has 0 aromatic heterocycles. The summed E-state index contributed by atoms with van der Waals surface area (Å²) in [5.74, 6) is -0.121. The van der Waals surface area contributed by atoms with E-state index in [1.807, 2.05) is 44.2 Å². The van der Waals surface area contributed by atoms with Gasteiger partial charge < -0.3 is 10.4 Å². The molecule has 3 nitrogen and oxygen atoms in total. The van der Waals surface area contributed by atoms with Gasteiger partial charge in [-0.05, 0) is 49.9 Å². The molecule has 120 valence electrons.